The summed E-state index contributed by atoms with van der Waals surface area (Å²) in [4.78, 5) is 0. The van der Waals surface area contributed by atoms with Gasteiger partial charge in [-0.2, -0.15) is 0 Å². The maximum atomic E-state index is 6.07. The molecule has 21 heavy (non-hydrogen) atoms. The molecule has 0 spiro atoms. The Balaban J connectivity index is 1.98. The third-order valence-corrected chi connectivity index (χ3v) is 3.74. The van der Waals surface area contributed by atoms with Crippen molar-refractivity contribution in [3.63, 3.8) is 0 Å². The van der Waals surface area contributed by atoms with Crippen molar-refractivity contribution in [2.75, 3.05) is 20.3 Å². The molecule has 0 amide bonds. The number of nitrogens with two attached hydrogens (primary N) is 1. The normalized spacial score (nSPS) is 12.0. The van der Waals surface area contributed by atoms with E-state index in [9.17, 15) is 0 Å². The molecule has 2 N–H and O–H groups in total. The van der Waals surface area contributed by atoms with Crippen molar-refractivity contribution in [3.8, 4) is 11.5 Å². The van der Waals surface area contributed by atoms with Crippen LogP contribution < -0.4 is 15.2 Å². The van der Waals surface area contributed by atoms with Crippen LogP contribution in [-0.4, -0.2) is 20.3 Å². The molecule has 112 valence electrons. The van der Waals surface area contributed by atoms with Crippen molar-refractivity contribution in [2.45, 2.75) is 12.3 Å². The van der Waals surface area contributed by atoms with E-state index in [1.807, 2.05) is 48.5 Å². The minimum Gasteiger partial charge on any atom is -0.496 e. The molecule has 0 aliphatic rings. The smallest absolute Gasteiger partial charge is 0.137 e. The average molecular weight is 306 g/mol. The molecule has 1 unspecified atom stereocenters. The molecule has 0 fully saturated rings. The molecule has 0 bridgehead atoms. The summed E-state index contributed by atoms with van der Waals surface area (Å²) in [5.41, 5.74) is 7.02. The molecule has 0 aliphatic carbocycles. The maximum absolute atomic E-state index is 6.07. The minimum absolute atomic E-state index is 0.198. The number of para-hydroxylation sites is 2. The number of rotatable bonds is 7. The van der Waals surface area contributed by atoms with Gasteiger partial charge in [-0.3, -0.25) is 0 Å². The van der Waals surface area contributed by atoms with Crippen molar-refractivity contribution >= 4 is 11.6 Å². The number of ether oxygens (including phenoxy) is 2. The van der Waals surface area contributed by atoms with Gasteiger partial charge in [-0.05, 0) is 36.7 Å². The van der Waals surface area contributed by atoms with E-state index in [0.29, 0.717) is 23.9 Å². The quantitative estimate of drug-likeness (QED) is 0.845. The molecule has 0 aliphatic heterocycles. The van der Waals surface area contributed by atoms with Crippen molar-refractivity contribution in [1.29, 1.82) is 0 Å². The standard InChI is InChI=1S/C17H20ClNO2/c1-20-16-8-4-2-6-14(16)13(12-19)10-11-21-17-9-5-3-7-15(17)18/h2-9,13H,10-12,19H2,1H3. The van der Waals surface area contributed by atoms with Crippen molar-refractivity contribution < 1.29 is 9.47 Å². The molecule has 1 atom stereocenters. The lowest BCUT2D eigenvalue weighted by Crippen LogP contribution is -2.16. The molecule has 4 heteroatoms. The van der Waals surface area contributed by atoms with Crippen molar-refractivity contribution in [2.24, 2.45) is 5.73 Å². The zero-order chi connectivity index (χ0) is 15.1. The molecular formula is C17H20ClNO2. The third kappa shape index (κ3) is 4.13. The average Bonchev–Trinajstić information content (AvgIpc) is 2.53. The first-order valence-corrected chi connectivity index (χ1v) is 7.34. The fourth-order valence-electron chi connectivity index (χ4n) is 2.28. The first-order chi connectivity index (χ1) is 10.3. The van der Waals surface area contributed by atoms with Crippen LogP contribution in [0.5, 0.6) is 11.5 Å². The van der Waals surface area contributed by atoms with Crippen LogP contribution >= 0.6 is 11.6 Å². The second-order valence-electron chi connectivity index (χ2n) is 4.74. The van der Waals surface area contributed by atoms with Crippen LogP contribution in [0, 0.1) is 0 Å². The van der Waals surface area contributed by atoms with Gasteiger partial charge in [0.15, 0.2) is 0 Å². The van der Waals surface area contributed by atoms with Gasteiger partial charge in [-0.15, -0.1) is 0 Å². The topological polar surface area (TPSA) is 44.5 Å². The molecule has 0 saturated carbocycles. The summed E-state index contributed by atoms with van der Waals surface area (Å²) in [7, 11) is 1.67. The Labute approximate surface area is 130 Å². The van der Waals surface area contributed by atoms with E-state index >= 15 is 0 Å². The fourth-order valence-corrected chi connectivity index (χ4v) is 2.47. The highest BCUT2D eigenvalue weighted by Crippen LogP contribution is 2.29. The highest BCUT2D eigenvalue weighted by molar-refractivity contribution is 6.32. The summed E-state index contributed by atoms with van der Waals surface area (Å²) >= 11 is 6.07. The van der Waals surface area contributed by atoms with E-state index < -0.39 is 0 Å². The lowest BCUT2D eigenvalue weighted by atomic mass is 9.95. The van der Waals surface area contributed by atoms with E-state index in [4.69, 9.17) is 26.8 Å². The van der Waals surface area contributed by atoms with E-state index in [2.05, 4.69) is 0 Å². The first-order valence-electron chi connectivity index (χ1n) is 6.96. The van der Waals surface area contributed by atoms with Crippen LogP contribution in [0.1, 0.15) is 17.9 Å². The van der Waals surface area contributed by atoms with Crippen LogP contribution in [0.3, 0.4) is 0 Å². The van der Waals surface area contributed by atoms with Gasteiger partial charge in [0.25, 0.3) is 0 Å². The molecule has 2 aromatic carbocycles. The summed E-state index contributed by atoms with van der Waals surface area (Å²) in [6.45, 7) is 1.11. The largest absolute Gasteiger partial charge is 0.496 e. The van der Waals surface area contributed by atoms with Crippen LogP contribution in [0.2, 0.25) is 5.02 Å². The van der Waals surface area contributed by atoms with Crippen LogP contribution in [0.4, 0.5) is 0 Å². The number of hydrogen-bond donors (Lipinski definition) is 1. The van der Waals surface area contributed by atoms with Gasteiger partial charge in [0.1, 0.15) is 11.5 Å². The molecule has 2 aromatic rings. The molecule has 0 saturated heterocycles. The summed E-state index contributed by atoms with van der Waals surface area (Å²) < 4.78 is 11.1. The predicted octanol–water partition coefficient (Wildman–Crippen LogP) is 3.86. The van der Waals surface area contributed by atoms with E-state index in [-0.39, 0.29) is 5.92 Å². The minimum atomic E-state index is 0.198. The zero-order valence-corrected chi connectivity index (χ0v) is 12.8. The second kappa shape index (κ2) is 7.91. The molecule has 0 radical (unpaired) electrons. The summed E-state index contributed by atoms with van der Waals surface area (Å²) in [6.07, 6.45) is 0.808. The van der Waals surface area contributed by atoms with Gasteiger partial charge in [0.2, 0.25) is 0 Å². The Hall–Kier alpha value is -1.71. The van der Waals surface area contributed by atoms with Gasteiger partial charge < -0.3 is 15.2 Å². The van der Waals surface area contributed by atoms with Gasteiger partial charge in [0.05, 0.1) is 18.7 Å². The Morgan fingerprint density at radius 2 is 1.71 bits per heavy atom. The number of hydrogen-bond acceptors (Lipinski definition) is 3. The van der Waals surface area contributed by atoms with Crippen LogP contribution in [0.15, 0.2) is 48.5 Å². The Bertz CT molecular complexity index is 574. The Kier molecular flexibility index (Phi) is 5.90. The van der Waals surface area contributed by atoms with Crippen LogP contribution in [0.25, 0.3) is 0 Å². The van der Waals surface area contributed by atoms with Crippen molar-refractivity contribution in [1.82, 2.24) is 0 Å². The lowest BCUT2D eigenvalue weighted by Gasteiger charge is -2.18. The fraction of sp³-hybridized carbons (Fsp3) is 0.294. The molecule has 3 nitrogen and oxygen atoms in total. The van der Waals surface area contributed by atoms with Crippen molar-refractivity contribution in [3.05, 3.63) is 59.1 Å². The SMILES string of the molecule is COc1ccccc1C(CN)CCOc1ccccc1Cl. The number of methoxy groups -OCH3 is 1. The number of benzene rings is 2. The highest BCUT2D eigenvalue weighted by Gasteiger charge is 2.14. The first kappa shape index (κ1) is 15.7. The summed E-state index contributed by atoms with van der Waals surface area (Å²) in [5.74, 6) is 1.77. The Morgan fingerprint density at radius 3 is 2.38 bits per heavy atom. The monoisotopic (exact) mass is 305 g/mol. The lowest BCUT2D eigenvalue weighted by molar-refractivity contribution is 0.296. The van der Waals surface area contributed by atoms with Gasteiger partial charge >= 0.3 is 0 Å². The van der Waals surface area contributed by atoms with E-state index in [1.54, 1.807) is 7.11 Å². The summed E-state index contributed by atoms with van der Waals surface area (Å²) in [5, 5.41) is 0.624. The van der Waals surface area contributed by atoms with Gasteiger partial charge in [-0.25, -0.2) is 0 Å². The molecule has 0 heterocycles. The molecule has 2 rings (SSSR count). The third-order valence-electron chi connectivity index (χ3n) is 3.42. The summed E-state index contributed by atoms with van der Waals surface area (Å²) in [6, 6.07) is 15.4. The van der Waals surface area contributed by atoms with E-state index in [1.165, 1.54) is 0 Å². The van der Waals surface area contributed by atoms with E-state index in [0.717, 1.165) is 17.7 Å². The number of halogens is 1. The predicted molar refractivity (Wildman–Crippen MR) is 86.4 cm³/mol. The zero-order valence-electron chi connectivity index (χ0n) is 12.1. The Morgan fingerprint density at radius 1 is 1.05 bits per heavy atom. The second-order valence-corrected chi connectivity index (χ2v) is 5.15. The highest BCUT2D eigenvalue weighted by atomic mass is 35.5. The van der Waals surface area contributed by atoms with Crippen LogP contribution in [-0.2, 0) is 0 Å². The molecule has 0 aromatic heterocycles. The maximum Gasteiger partial charge on any atom is 0.137 e. The molecular weight excluding hydrogens is 286 g/mol. The van der Waals surface area contributed by atoms with Gasteiger partial charge in [0, 0.05) is 5.92 Å². The van der Waals surface area contributed by atoms with Gasteiger partial charge in [-0.1, -0.05) is 41.9 Å².